The Labute approximate surface area is 233 Å². The van der Waals surface area contributed by atoms with Crippen LogP contribution in [0.4, 0.5) is 5.69 Å². The number of nitrogens with zero attached hydrogens (tertiary/aromatic N) is 4. The molecular weight excluding hydrogens is 510 g/mol. The molecule has 1 aliphatic heterocycles. The first-order valence-corrected chi connectivity index (χ1v) is 13.1. The van der Waals surface area contributed by atoms with E-state index in [0.29, 0.717) is 54.5 Å². The molecule has 0 bridgehead atoms. The summed E-state index contributed by atoms with van der Waals surface area (Å²) >= 11 is 0. The van der Waals surface area contributed by atoms with Crippen LogP contribution in [0, 0.1) is 0 Å². The smallest absolute Gasteiger partial charge is 0.252 e. The molecule has 2 N–H and O–H groups in total. The van der Waals surface area contributed by atoms with Crippen LogP contribution in [-0.2, 0) is 22.4 Å². The maximum Gasteiger partial charge on any atom is 0.252 e. The first kappa shape index (κ1) is 28.5. The predicted molar refractivity (Wildman–Crippen MR) is 152 cm³/mol. The summed E-state index contributed by atoms with van der Waals surface area (Å²) in [6, 6.07) is 22.1. The lowest BCUT2D eigenvalue weighted by Gasteiger charge is -2.28. The van der Waals surface area contributed by atoms with Gasteiger partial charge in [0.25, 0.3) is 5.91 Å². The Morgan fingerprint density at radius 2 is 1.85 bits per heavy atom. The number of carbonyl (C=O) groups excluding carboxylic acids is 1. The Balaban J connectivity index is 1.62. The maximum atomic E-state index is 13.9. The van der Waals surface area contributed by atoms with E-state index in [1.54, 1.807) is 31.4 Å². The second kappa shape index (κ2) is 13.5. The van der Waals surface area contributed by atoms with Gasteiger partial charge < -0.3 is 24.6 Å². The topological polar surface area (TPSA) is 138 Å². The van der Waals surface area contributed by atoms with Gasteiger partial charge in [-0.25, -0.2) is 4.99 Å². The molecule has 10 nitrogen and oxygen atoms in total. The number of carbonyl (C=O) groups is 1. The quantitative estimate of drug-likeness (QED) is 0.137. The summed E-state index contributed by atoms with van der Waals surface area (Å²) < 4.78 is 17.3. The number of aliphatic hydroxyl groups is 1. The fourth-order valence-electron chi connectivity index (χ4n) is 4.61. The predicted octanol–water partition coefficient (Wildman–Crippen LogP) is 4.90. The molecule has 0 radical (unpaired) electrons. The molecule has 4 rings (SSSR count). The van der Waals surface area contributed by atoms with Crippen molar-refractivity contribution in [2.24, 2.45) is 10.1 Å². The van der Waals surface area contributed by atoms with Crippen LogP contribution in [0.15, 0.2) is 82.9 Å². The molecule has 3 aromatic carbocycles. The summed E-state index contributed by atoms with van der Waals surface area (Å²) in [6.07, 6.45) is 0.690. The molecular formula is C30H33N5O5. The Kier molecular flexibility index (Phi) is 9.62. The standard InChI is InChI=1S/C30H33N5O5/c1-21-30(20-24-9-3-5-10-26(24)34-35-31,29(37)32-17-16-22-8-4-6-11-27(22)38-2)33-28(40-21)23-12-14-25(15-13-23)39-19-7-18-36/h3-6,8-15,21,36H,7,16-20H2,1-2H3,(H,32,37)/t21-,30-/m1/s1. The Morgan fingerprint density at radius 3 is 2.58 bits per heavy atom. The van der Waals surface area contributed by atoms with Crippen molar-refractivity contribution >= 4 is 17.5 Å². The van der Waals surface area contributed by atoms with Gasteiger partial charge >= 0.3 is 0 Å². The third-order valence-electron chi connectivity index (χ3n) is 6.80. The van der Waals surface area contributed by atoms with E-state index in [9.17, 15) is 4.79 Å². The minimum absolute atomic E-state index is 0.0620. The number of hydrogen-bond donors (Lipinski definition) is 2. The van der Waals surface area contributed by atoms with Crippen molar-refractivity contribution < 1.29 is 24.1 Å². The first-order valence-electron chi connectivity index (χ1n) is 13.1. The van der Waals surface area contributed by atoms with E-state index in [1.165, 1.54) is 0 Å². The molecule has 2 atom stereocenters. The molecule has 0 saturated heterocycles. The second-order valence-corrected chi connectivity index (χ2v) is 9.36. The van der Waals surface area contributed by atoms with E-state index < -0.39 is 11.6 Å². The lowest BCUT2D eigenvalue weighted by molar-refractivity contribution is -0.128. The van der Waals surface area contributed by atoms with E-state index in [4.69, 9.17) is 29.8 Å². The maximum absolute atomic E-state index is 13.9. The largest absolute Gasteiger partial charge is 0.496 e. The van der Waals surface area contributed by atoms with Gasteiger partial charge in [0.2, 0.25) is 5.90 Å². The molecule has 3 aromatic rings. The van der Waals surface area contributed by atoms with Gasteiger partial charge in [-0.2, -0.15) is 0 Å². The molecule has 0 aromatic heterocycles. The number of rotatable bonds is 13. The van der Waals surface area contributed by atoms with Gasteiger partial charge in [0.15, 0.2) is 5.54 Å². The fourth-order valence-corrected chi connectivity index (χ4v) is 4.61. The molecule has 1 amide bonds. The summed E-state index contributed by atoms with van der Waals surface area (Å²) in [5.74, 6) is 1.48. The molecule has 1 aliphatic rings. The molecule has 0 spiro atoms. The lowest BCUT2D eigenvalue weighted by atomic mass is 9.85. The third kappa shape index (κ3) is 6.54. The molecule has 0 saturated carbocycles. The number of methoxy groups -OCH3 is 1. The highest BCUT2D eigenvalue weighted by Gasteiger charge is 2.50. The van der Waals surface area contributed by atoms with Crippen molar-refractivity contribution in [1.82, 2.24) is 5.32 Å². The number of aliphatic imine (C=N–C) groups is 1. The van der Waals surface area contributed by atoms with Crippen LogP contribution in [0.25, 0.3) is 10.4 Å². The summed E-state index contributed by atoms with van der Waals surface area (Å²) in [7, 11) is 1.62. The van der Waals surface area contributed by atoms with E-state index in [-0.39, 0.29) is 18.9 Å². The first-order chi connectivity index (χ1) is 19.5. The SMILES string of the molecule is COc1ccccc1CCNC(=O)[C@]1(Cc2ccccc2N=[N+]=[N-])N=C(c2ccc(OCCCO)cc2)O[C@@H]1C. The third-order valence-corrected chi connectivity index (χ3v) is 6.80. The summed E-state index contributed by atoms with van der Waals surface area (Å²) in [5.41, 5.74) is 10.6. The van der Waals surface area contributed by atoms with Crippen molar-refractivity contribution in [3.63, 3.8) is 0 Å². The van der Waals surface area contributed by atoms with E-state index >= 15 is 0 Å². The number of aliphatic hydroxyl groups excluding tert-OH is 1. The average molecular weight is 544 g/mol. The van der Waals surface area contributed by atoms with Gasteiger partial charge in [0, 0.05) is 42.2 Å². The number of azide groups is 1. The number of ether oxygens (including phenoxy) is 3. The van der Waals surface area contributed by atoms with Gasteiger partial charge in [-0.05, 0) is 60.3 Å². The normalized spacial score (nSPS) is 17.8. The second-order valence-electron chi connectivity index (χ2n) is 9.36. The van der Waals surface area contributed by atoms with Crippen LogP contribution in [0.1, 0.15) is 30.0 Å². The average Bonchev–Trinajstić information content (AvgIpc) is 3.31. The summed E-state index contributed by atoms with van der Waals surface area (Å²) in [4.78, 5) is 21.7. The minimum Gasteiger partial charge on any atom is -0.496 e. The zero-order valence-electron chi connectivity index (χ0n) is 22.6. The van der Waals surface area contributed by atoms with Crippen LogP contribution in [-0.4, -0.2) is 55.4 Å². The number of hydrogen-bond acceptors (Lipinski definition) is 7. The van der Waals surface area contributed by atoms with Gasteiger partial charge in [0.05, 0.1) is 13.7 Å². The number of benzene rings is 3. The monoisotopic (exact) mass is 543 g/mol. The lowest BCUT2D eigenvalue weighted by Crippen LogP contribution is -2.52. The zero-order valence-corrected chi connectivity index (χ0v) is 22.6. The molecule has 208 valence electrons. The highest BCUT2D eigenvalue weighted by molar-refractivity contribution is 6.01. The fraction of sp³-hybridized carbons (Fsp3) is 0.333. The van der Waals surface area contributed by atoms with Crippen LogP contribution in [0.3, 0.4) is 0 Å². The van der Waals surface area contributed by atoms with Crippen molar-refractivity contribution in [2.75, 3.05) is 26.9 Å². The highest BCUT2D eigenvalue weighted by atomic mass is 16.5. The van der Waals surface area contributed by atoms with Crippen molar-refractivity contribution in [3.8, 4) is 11.5 Å². The van der Waals surface area contributed by atoms with Crippen molar-refractivity contribution in [1.29, 1.82) is 0 Å². The molecule has 0 fully saturated rings. The Bertz CT molecular complexity index is 1390. The Morgan fingerprint density at radius 1 is 1.12 bits per heavy atom. The van der Waals surface area contributed by atoms with Crippen LogP contribution >= 0.6 is 0 Å². The van der Waals surface area contributed by atoms with Crippen LogP contribution in [0.5, 0.6) is 11.5 Å². The van der Waals surface area contributed by atoms with Gasteiger partial charge in [0.1, 0.15) is 17.6 Å². The van der Waals surface area contributed by atoms with Gasteiger partial charge in [-0.1, -0.05) is 47.6 Å². The molecule has 0 aliphatic carbocycles. The van der Waals surface area contributed by atoms with Crippen molar-refractivity contribution in [2.45, 2.75) is 37.8 Å². The zero-order chi connectivity index (χ0) is 28.4. The van der Waals surface area contributed by atoms with Crippen molar-refractivity contribution in [3.05, 3.63) is 99.9 Å². The number of nitrogens with one attached hydrogen (secondary N) is 1. The molecule has 1 heterocycles. The highest BCUT2D eigenvalue weighted by Crippen LogP contribution is 2.35. The van der Waals surface area contributed by atoms with Crippen LogP contribution < -0.4 is 14.8 Å². The molecule has 40 heavy (non-hydrogen) atoms. The van der Waals surface area contributed by atoms with E-state index in [2.05, 4.69) is 15.3 Å². The number of para-hydroxylation sites is 1. The van der Waals surface area contributed by atoms with Gasteiger partial charge in [-0.3, -0.25) is 4.79 Å². The van der Waals surface area contributed by atoms with E-state index in [0.717, 1.165) is 11.3 Å². The van der Waals surface area contributed by atoms with E-state index in [1.807, 2.05) is 55.5 Å². The summed E-state index contributed by atoms with van der Waals surface area (Å²) in [6.45, 7) is 2.66. The summed E-state index contributed by atoms with van der Waals surface area (Å²) in [5, 5.41) is 15.8. The Hall–Kier alpha value is -4.53. The molecule has 10 heteroatoms. The molecule has 0 unspecified atom stereocenters. The number of amides is 1. The minimum atomic E-state index is -1.30. The van der Waals surface area contributed by atoms with Crippen LogP contribution in [0.2, 0.25) is 0 Å². The van der Waals surface area contributed by atoms with Gasteiger partial charge in [-0.15, -0.1) is 0 Å².